The van der Waals surface area contributed by atoms with Gasteiger partial charge in [0.15, 0.2) is 0 Å². The zero-order chi connectivity index (χ0) is 36.6. The molecule has 0 amide bonds. The number of para-hydroxylation sites is 1. The summed E-state index contributed by atoms with van der Waals surface area (Å²) in [7, 11) is 0. The molecule has 1 nitrogen and oxygen atoms in total. The van der Waals surface area contributed by atoms with Crippen molar-refractivity contribution in [2.45, 2.75) is 0 Å². The lowest BCUT2D eigenvalue weighted by atomic mass is 9.95. The Morgan fingerprint density at radius 3 is 1.49 bits per heavy atom. The maximum absolute atomic E-state index is 2.38. The summed E-state index contributed by atoms with van der Waals surface area (Å²) in [5, 5.41) is 7.62. The zero-order valence-corrected chi connectivity index (χ0v) is 30.3. The molecule has 0 atom stereocenters. The Hall–Kier alpha value is -7.22. The van der Waals surface area contributed by atoms with E-state index in [-0.39, 0.29) is 0 Å². The highest BCUT2D eigenvalue weighted by Gasteiger charge is 2.18. The summed E-state index contributed by atoms with van der Waals surface area (Å²) < 4.78 is 0. The van der Waals surface area contributed by atoms with Crippen molar-refractivity contribution in [2.24, 2.45) is 0 Å². The van der Waals surface area contributed by atoms with E-state index in [1.54, 1.807) is 0 Å². The molecule has 0 saturated heterocycles. The van der Waals surface area contributed by atoms with Crippen LogP contribution in [-0.4, -0.2) is 0 Å². The van der Waals surface area contributed by atoms with E-state index in [4.69, 9.17) is 0 Å². The van der Waals surface area contributed by atoms with Crippen LogP contribution in [0.25, 0.3) is 76.8 Å². The number of anilines is 3. The van der Waals surface area contributed by atoms with Gasteiger partial charge in [0, 0.05) is 16.9 Å². The first-order chi connectivity index (χ1) is 27.3. The normalized spacial score (nSPS) is 11.3. The van der Waals surface area contributed by atoms with Crippen molar-refractivity contribution in [2.75, 3.05) is 4.90 Å². The van der Waals surface area contributed by atoms with Gasteiger partial charge in [0.2, 0.25) is 0 Å². The number of benzene rings is 10. The molecule has 258 valence electrons. The second kappa shape index (κ2) is 14.0. The standard InChI is InChI=1S/C54H37N/c1-2-12-41(13-3-1)53-21-8-9-23-54(53)55(48-33-28-39(29-34-48)44-30-35-52-46(37-44)25-24-42-15-5-7-20-50(42)52)47-31-26-38(27-32-47)43-17-10-18-45(36-43)51-22-11-16-40-14-4-6-19-49(40)51/h1-37H. The third kappa shape index (κ3) is 6.12. The van der Waals surface area contributed by atoms with Crippen LogP contribution < -0.4 is 4.90 Å². The van der Waals surface area contributed by atoms with Crippen LogP contribution in [0.2, 0.25) is 0 Å². The highest BCUT2D eigenvalue weighted by molar-refractivity contribution is 6.08. The number of fused-ring (bicyclic) bond motifs is 4. The van der Waals surface area contributed by atoms with Gasteiger partial charge in [-0.05, 0) is 114 Å². The molecule has 0 aliphatic heterocycles. The van der Waals surface area contributed by atoms with Gasteiger partial charge in [-0.25, -0.2) is 0 Å². The minimum absolute atomic E-state index is 1.10. The molecule has 10 aromatic carbocycles. The predicted octanol–water partition coefficient (Wildman–Crippen LogP) is 15.3. The SMILES string of the molecule is c1ccc(-c2ccccc2N(c2ccc(-c3cccc(-c4cccc5ccccc45)c3)cc2)c2ccc(-c3ccc4c(ccc5ccccc54)c3)cc2)cc1. The van der Waals surface area contributed by atoms with Gasteiger partial charge in [0.1, 0.15) is 0 Å². The predicted molar refractivity (Wildman–Crippen MR) is 235 cm³/mol. The van der Waals surface area contributed by atoms with E-state index in [0.717, 1.165) is 17.1 Å². The van der Waals surface area contributed by atoms with Gasteiger partial charge in [-0.3, -0.25) is 0 Å². The molecule has 0 unspecified atom stereocenters. The third-order valence-electron chi connectivity index (χ3n) is 10.9. The molecule has 0 aromatic heterocycles. The molecule has 0 aliphatic rings. The van der Waals surface area contributed by atoms with Gasteiger partial charge >= 0.3 is 0 Å². The highest BCUT2D eigenvalue weighted by Crippen LogP contribution is 2.42. The molecule has 0 N–H and O–H groups in total. The Balaban J connectivity index is 1.03. The monoisotopic (exact) mass is 699 g/mol. The van der Waals surface area contributed by atoms with Crippen LogP contribution in [0.5, 0.6) is 0 Å². The fourth-order valence-corrected chi connectivity index (χ4v) is 8.10. The number of hydrogen-bond acceptors (Lipinski definition) is 1. The molecule has 0 saturated carbocycles. The van der Waals surface area contributed by atoms with Crippen LogP contribution in [-0.2, 0) is 0 Å². The maximum Gasteiger partial charge on any atom is 0.0540 e. The first-order valence-electron chi connectivity index (χ1n) is 18.9. The molecule has 0 fully saturated rings. The van der Waals surface area contributed by atoms with Crippen LogP contribution in [0.15, 0.2) is 224 Å². The molecule has 1 heteroatoms. The van der Waals surface area contributed by atoms with Gasteiger partial charge in [0.05, 0.1) is 5.69 Å². The second-order valence-electron chi connectivity index (χ2n) is 14.1. The minimum Gasteiger partial charge on any atom is -0.310 e. The highest BCUT2D eigenvalue weighted by atomic mass is 15.1. The van der Waals surface area contributed by atoms with E-state index in [2.05, 4.69) is 229 Å². The zero-order valence-electron chi connectivity index (χ0n) is 30.3. The van der Waals surface area contributed by atoms with E-state index < -0.39 is 0 Å². The summed E-state index contributed by atoms with van der Waals surface area (Å²) in [6, 6.07) is 81.4. The van der Waals surface area contributed by atoms with Crippen LogP contribution >= 0.6 is 0 Å². The van der Waals surface area contributed by atoms with Crippen LogP contribution in [0.1, 0.15) is 0 Å². The van der Waals surface area contributed by atoms with E-state index >= 15 is 0 Å². The van der Waals surface area contributed by atoms with Gasteiger partial charge in [-0.2, -0.15) is 0 Å². The van der Waals surface area contributed by atoms with Crippen LogP contribution in [0, 0.1) is 0 Å². The maximum atomic E-state index is 2.38. The van der Waals surface area contributed by atoms with Crippen molar-refractivity contribution in [3.63, 3.8) is 0 Å². The van der Waals surface area contributed by atoms with Crippen LogP contribution in [0.4, 0.5) is 17.1 Å². The van der Waals surface area contributed by atoms with E-state index in [0.29, 0.717) is 0 Å². The molecular weight excluding hydrogens is 663 g/mol. The first-order valence-corrected chi connectivity index (χ1v) is 18.9. The van der Waals surface area contributed by atoms with Crippen molar-refractivity contribution < 1.29 is 0 Å². The Labute approximate surface area is 322 Å². The Bertz CT molecular complexity index is 2950. The Morgan fingerprint density at radius 2 is 0.727 bits per heavy atom. The van der Waals surface area contributed by atoms with Gasteiger partial charge < -0.3 is 4.90 Å². The molecule has 0 aliphatic carbocycles. The average Bonchev–Trinajstić information content (AvgIpc) is 3.27. The minimum atomic E-state index is 1.10. The fourth-order valence-electron chi connectivity index (χ4n) is 8.10. The lowest BCUT2D eigenvalue weighted by molar-refractivity contribution is 1.28. The molecule has 0 radical (unpaired) electrons. The van der Waals surface area contributed by atoms with E-state index in [1.165, 1.54) is 76.8 Å². The molecule has 10 rings (SSSR count). The number of nitrogens with zero attached hydrogens (tertiary/aromatic N) is 1. The Kier molecular flexibility index (Phi) is 8.24. The van der Waals surface area contributed by atoms with E-state index in [1.807, 2.05) is 0 Å². The molecule has 0 spiro atoms. The molecular formula is C54H37N. The molecule has 0 heterocycles. The second-order valence-corrected chi connectivity index (χ2v) is 14.1. The largest absolute Gasteiger partial charge is 0.310 e. The quantitative estimate of drug-likeness (QED) is 0.150. The van der Waals surface area contributed by atoms with Crippen LogP contribution in [0.3, 0.4) is 0 Å². The van der Waals surface area contributed by atoms with Gasteiger partial charge in [-0.1, -0.05) is 182 Å². The molecule has 0 bridgehead atoms. The van der Waals surface area contributed by atoms with Gasteiger partial charge in [-0.15, -0.1) is 0 Å². The average molecular weight is 700 g/mol. The van der Waals surface area contributed by atoms with Gasteiger partial charge in [0.25, 0.3) is 0 Å². The fraction of sp³-hybridized carbons (Fsp3) is 0. The van der Waals surface area contributed by atoms with Crippen molar-refractivity contribution in [3.8, 4) is 44.5 Å². The third-order valence-corrected chi connectivity index (χ3v) is 10.9. The summed E-state index contributed by atoms with van der Waals surface area (Å²) >= 11 is 0. The van der Waals surface area contributed by atoms with Crippen molar-refractivity contribution in [3.05, 3.63) is 224 Å². The number of rotatable bonds is 7. The smallest absolute Gasteiger partial charge is 0.0540 e. The topological polar surface area (TPSA) is 3.24 Å². The molecule has 10 aromatic rings. The van der Waals surface area contributed by atoms with Crippen molar-refractivity contribution in [1.82, 2.24) is 0 Å². The Morgan fingerprint density at radius 1 is 0.236 bits per heavy atom. The van der Waals surface area contributed by atoms with Crippen molar-refractivity contribution >= 4 is 49.4 Å². The van der Waals surface area contributed by atoms with Crippen molar-refractivity contribution in [1.29, 1.82) is 0 Å². The summed E-state index contributed by atoms with van der Waals surface area (Å²) in [5.74, 6) is 0. The lowest BCUT2D eigenvalue weighted by Gasteiger charge is -2.28. The molecule has 55 heavy (non-hydrogen) atoms. The summed E-state index contributed by atoms with van der Waals surface area (Å²) in [5.41, 5.74) is 12.9. The first kappa shape index (κ1) is 32.4. The van der Waals surface area contributed by atoms with E-state index in [9.17, 15) is 0 Å². The lowest BCUT2D eigenvalue weighted by Crippen LogP contribution is -2.11. The summed E-state index contributed by atoms with van der Waals surface area (Å²) in [6.45, 7) is 0. The summed E-state index contributed by atoms with van der Waals surface area (Å²) in [6.07, 6.45) is 0. The summed E-state index contributed by atoms with van der Waals surface area (Å²) in [4.78, 5) is 2.38. The number of hydrogen-bond donors (Lipinski definition) is 0.